The van der Waals surface area contributed by atoms with Gasteiger partial charge >= 0.3 is 7.12 Å². The van der Waals surface area contributed by atoms with E-state index in [0.29, 0.717) is 23.2 Å². The molecular weight excluding hydrogens is 255 g/mol. The summed E-state index contributed by atoms with van der Waals surface area (Å²) in [5.74, 6) is 1.75. The Hall–Kier alpha value is -1.66. The SMILES string of the molecule is CCC(C)CCc1nnc(-c2ccc(B(O)O)cc2)o1. The Kier molecular flexibility index (Phi) is 4.92. The van der Waals surface area contributed by atoms with Crippen LogP contribution < -0.4 is 5.46 Å². The van der Waals surface area contributed by atoms with Gasteiger partial charge in [-0.1, -0.05) is 32.4 Å². The molecule has 1 unspecified atom stereocenters. The largest absolute Gasteiger partial charge is 0.488 e. The van der Waals surface area contributed by atoms with Crippen molar-refractivity contribution in [3.8, 4) is 11.5 Å². The minimum atomic E-state index is -1.46. The fourth-order valence-electron chi connectivity index (χ4n) is 1.84. The van der Waals surface area contributed by atoms with Crippen molar-refractivity contribution in [1.29, 1.82) is 0 Å². The Morgan fingerprint density at radius 1 is 1.20 bits per heavy atom. The molecule has 1 atom stereocenters. The molecule has 0 spiro atoms. The molecule has 0 amide bonds. The maximum atomic E-state index is 9.04. The molecule has 1 aromatic heterocycles. The molecule has 20 heavy (non-hydrogen) atoms. The molecule has 0 saturated carbocycles. The third-order valence-electron chi connectivity index (χ3n) is 3.47. The van der Waals surface area contributed by atoms with Gasteiger partial charge in [-0.3, -0.25) is 0 Å². The molecule has 2 rings (SSSR count). The van der Waals surface area contributed by atoms with Gasteiger partial charge in [0.2, 0.25) is 11.8 Å². The van der Waals surface area contributed by atoms with E-state index in [9.17, 15) is 0 Å². The molecule has 0 aliphatic carbocycles. The summed E-state index contributed by atoms with van der Waals surface area (Å²) in [7, 11) is -1.46. The van der Waals surface area contributed by atoms with E-state index in [1.807, 2.05) is 0 Å². The first kappa shape index (κ1) is 14.7. The molecule has 5 nitrogen and oxygen atoms in total. The van der Waals surface area contributed by atoms with Gasteiger partial charge in [-0.15, -0.1) is 10.2 Å². The molecule has 0 fully saturated rings. The molecule has 1 heterocycles. The van der Waals surface area contributed by atoms with Crippen LogP contribution in [0.3, 0.4) is 0 Å². The summed E-state index contributed by atoms with van der Waals surface area (Å²) in [6.07, 6.45) is 2.97. The summed E-state index contributed by atoms with van der Waals surface area (Å²) in [5, 5.41) is 26.1. The van der Waals surface area contributed by atoms with E-state index in [4.69, 9.17) is 14.5 Å². The van der Waals surface area contributed by atoms with Gasteiger partial charge in [0.1, 0.15) is 0 Å². The molecule has 0 radical (unpaired) electrons. The molecule has 0 saturated heterocycles. The Labute approximate surface area is 118 Å². The number of hydrogen-bond donors (Lipinski definition) is 2. The smallest absolute Gasteiger partial charge is 0.423 e. The number of nitrogens with zero attached hydrogens (tertiary/aromatic N) is 2. The molecule has 0 bridgehead atoms. The van der Waals surface area contributed by atoms with Crippen molar-refractivity contribution < 1.29 is 14.5 Å². The second kappa shape index (κ2) is 6.68. The zero-order chi connectivity index (χ0) is 14.5. The summed E-state index contributed by atoms with van der Waals surface area (Å²) >= 11 is 0. The van der Waals surface area contributed by atoms with Crippen molar-refractivity contribution in [1.82, 2.24) is 10.2 Å². The van der Waals surface area contributed by atoms with E-state index in [0.717, 1.165) is 24.8 Å². The zero-order valence-electron chi connectivity index (χ0n) is 11.8. The van der Waals surface area contributed by atoms with E-state index in [-0.39, 0.29) is 0 Å². The molecular formula is C14H19BN2O3. The predicted molar refractivity (Wildman–Crippen MR) is 77.3 cm³/mol. The van der Waals surface area contributed by atoms with Crippen molar-refractivity contribution in [2.24, 2.45) is 5.92 Å². The Morgan fingerprint density at radius 2 is 1.90 bits per heavy atom. The lowest BCUT2D eigenvalue weighted by Gasteiger charge is -2.04. The second-order valence-corrected chi connectivity index (χ2v) is 5.05. The van der Waals surface area contributed by atoms with Crippen molar-refractivity contribution >= 4 is 12.6 Å². The Balaban J connectivity index is 2.04. The first-order chi connectivity index (χ1) is 9.60. The third kappa shape index (κ3) is 3.68. The van der Waals surface area contributed by atoms with Gasteiger partial charge < -0.3 is 14.5 Å². The van der Waals surface area contributed by atoms with E-state index >= 15 is 0 Å². The van der Waals surface area contributed by atoms with Gasteiger partial charge in [-0.05, 0) is 29.9 Å². The molecule has 2 N–H and O–H groups in total. The third-order valence-corrected chi connectivity index (χ3v) is 3.47. The number of rotatable bonds is 6. The van der Waals surface area contributed by atoms with Crippen LogP contribution in [0.4, 0.5) is 0 Å². The second-order valence-electron chi connectivity index (χ2n) is 5.05. The lowest BCUT2D eigenvalue weighted by molar-refractivity contribution is 0.425. The van der Waals surface area contributed by atoms with Crippen LogP contribution in [-0.2, 0) is 6.42 Å². The number of benzene rings is 1. The predicted octanol–water partition coefficient (Wildman–Crippen LogP) is 1.40. The first-order valence-electron chi connectivity index (χ1n) is 6.89. The summed E-state index contributed by atoms with van der Waals surface area (Å²) in [4.78, 5) is 0. The topological polar surface area (TPSA) is 79.4 Å². The highest BCUT2D eigenvalue weighted by Gasteiger charge is 2.13. The van der Waals surface area contributed by atoms with Gasteiger partial charge in [0.25, 0.3) is 0 Å². The normalized spacial score (nSPS) is 12.4. The zero-order valence-corrected chi connectivity index (χ0v) is 11.8. The quantitative estimate of drug-likeness (QED) is 0.778. The van der Waals surface area contributed by atoms with Gasteiger partial charge in [-0.25, -0.2) is 0 Å². The average molecular weight is 274 g/mol. The first-order valence-corrected chi connectivity index (χ1v) is 6.89. The maximum Gasteiger partial charge on any atom is 0.488 e. The van der Waals surface area contributed by atoms with Crippen molar-refractivity contribution in [3.05, 3.63) is 30.2 Å². The van der Waals surface area contributed by atoms with Crippen LogP contribution in [0.1, 0.15) is 32.6 Å². The van der Waals surface area contributed by atoms with Gasteiger partial charge in [0, 0.05) is 12.0 Å². The lowest BCUT2D eigenvalue weighted by atomic mass is 9.80. The van der Waals surface area contributed by atoms with Gasteiger partial charge in [-0.2, -0.15) is 0 Å². The maximum absolute atomic E-state index is 9.04. The Bertz CT molecular complexity index is 540. The average Bonchev–Trinajstić information content (AvgIpc) is 2.93. The van der Waals surface area contributed by atoms with Crippen LogP contribution in [0.2, 0.25) is 0 Å². The fraction of sp³-hybridized carbons (Fsp3) is 0.429. The monoisotopic (exact) mass is 274 g/mol. The molecule has 6 heteroatoms. The van der Waals surface area contributed by atoms with Gasteiger partial charge in [0.15, 0.2) is 0 Å². The minimum absolute atomic E-state index is 0.435. The highest BCUT2D eigenvalue weighted by molar-refractivity contribution is 6.58. The highest BCUT2D eigenvalue weighted by atomic mass is 16.4. The molecule has 2 aromatic rings. The van der Waals surface area contributed by atoms with Gasteiger partial charge in [0.05, 0.1) is 0 Å². The number of hydrogen-bond acceptors (Lipinski definition) is 5. The summed E-state index contributed by atoms with van der Waals surface area (Å²) in [6.45, 7) is 4.37. The van der Waals surface area contributed by atoms with Crippen LogP contribution in [0.25, 0.3) is 11.5 Å². The molecule has 0 aliphatic heterocycles. The van der Waals surface area contributed by atoms with E-state index in [1.54, 1.807) is 24.3 Å². The van der Waals surface area contributed by atoms with Crippen LogP contribution in [0.15, 0.2) is 28.7 Å². The van der Waals surface area contributed by atoms with Crippen LogP contribution in [-0.4, -0.2) is 27.4 Å². The minimum Gasteiger partial charge on any atom is -0.423 e. The van der Waals surface area contributed by atoms with Crippen LogP contribution >= 0.6 is 0 Å². The summed E-state index contributed by atoms with van der Waals surface area (Å²) < 4.78 is 5.62. The number of aryl methyl sites for hydroxylation is 1. The van der Waals surface area contributed by atoms with Crippen molar-refractivity contribution in [3.63, 3.8) is 0 Å². The van der Waals surface area contributed by atoms with Crippen LogP contribution in [0.5, 0.6) is 0 Å². The molecule has 0 aliphatic rings. The van der Waals surface area contributed by atoms with E-state index in [2.05, 4.69) is 24.0 Å². The fourth-order valence-corrected chi connectivity index (χ4v) is 1.84. The van der Waals surface area contributed by atoms with Crippen molar-refractivity contribution in [2.45, 2.75) is 33.1 Å². The van der Waals surface area contributed by atoms with E-state index < -0.39 is 7.12 Å². The van der Waals surface area contributed by atoms with Crippen LogP contribution in [0, 0.1) is 5.92 Å². The molecule has 1 aromatic carbocycles. The number of aromatic nitrogens is 2. The lowest BCUT2D eigenvalue weighted by Crippen LogP contribution is -2.29. The summed E-state index contributed by atoms with van der Waals surface area (Å²) in [6, 6.07) is 6.73. The highest BCUT2D eigenvalue weighted by Crippen LogP contribution is 2.18. The standard InChI is InChI=1S/C14H19BN2O3/c1-3-10(2)4-9-13-16-17-14(20-13)11-5-7-12(8-6-11)15(18)19/h5-8,10,18-19H,3-4,9H2,1-2H3. The van der Waals surface area contributed by atoms with E-state index in [1.165, 1.54) is 0 Å². The summed E-state index contributed by atoms with van der Waals surface area (Å²) in [5.41, 5.74) is 1.21. The Morgan fingerprint density at radius 3 is 2.50 bits per heavy atom. The van der Waals surface area contributed by atoms with Crippen molar-refractivity contribution in [2.75, 3.05) is 0 Å². The molecule has 106 valence electrons.